The fourth-order valence-electron chi connectivity index (χ4n) is 10.6. The van der Waals surface area contributed by atoms with Gasteiger partial charge in [-0.2, -0.15) is 0 Å². The first-order valence-corrected chi connectivity index (χ1v) is 22.5. The van der Waals surface area contributed by atoms with Crippen molar-refractivity contribution >= 4 is 50.6 Å². The van der Waals surface area contributed by atoms with Crippen LogP contribution in [0.4, 0.5) is 0 Å². The predicted molar refractivity (Wildman–Crippen MR) is 247 cm³/mol. The van der Waals surface area contributed by atoms with Gasteiger partial charge in [0.25, 0.3) is 0 Å². The van der Waals surface area contributed by atoms with E-state index < -0.39 is 8.07 Å². The molecule has 59 heavy (non-hydrogen) atoms. The van der Waals surface area contributed by atoms with E-state index in [-0.39, 0.29) is 5.41 Å². The summed E-state index contributed by atoms with van der Waals surface area (Å²) in [6, 6.07) is 73.4. The fourth-order valence-corrected chi connectivity index (χ4v) is 15.8. The zero-order valence-electron chi connectivity index (χ0n) is 32.9. The summed E-state index contributed by atoms with van der Waals surface area (Å²) >= 11 is 0. The van der Waals surface area contributed by atoms with Crippen LogP contribution < -0.4 is 20.7 Å². The van der Waals surface area contributed by atoms with E-state index in [0.29, 0.717) is 0 Å². The quantitative estimate of drug-likeness (QED) is 0.163. The van der Waals surface area contributed by atoms with Crippen molar-refractivity contribution in [2.45, 2.75) is 19.3 Å². The Labute approximate surface area is 345 Å². The second-order valence-corrected chi connectivity index (χ2v) is 20.2. The molecular formula is C55H39N3Si. The average Bonchev–Trinajstić information content (AvgIpc) is 3.88. The lowest BCUT2D eigenvalue weighted by Gasteiger charge is -2.32. The average molecular weight is 770 g/mol. The van der Waals surface area contributed by atoms with Crippen molar-refractivity contribution in [1.29, 1.82) is 0 Å². The van der Waals surface area contributed by atoms with Crippen molar-refractivity contribution in [1.82, 2.24) is 14.5 Å². The molecule has 8 aromatic carbocycles. The molecular weight excluding hydrogens is 731 g/mol. The van der Waals surface area contributed by atoms with Gasteiger partial charge in [0.05, 0.1) is 22.4 Å². The number of aromatic nitrogens is 3. The maximum Gasteiger partial charge on any atom is 0.185 e. The summed E-state index contributed by atoms with van der Waals surface area (Å²) in [4.78, 5) is 11.2. The van der Waals surface area contributed by atoms with Crippen molar-refractivity contribution in [3.63, 3.8) is 0 Å². The van der Waals surface area contributed by atoms with E-state index in [1.165, 1.54) is 70.4 Å². The summed E-state index contributed by atoms with van der Waals surface area (Å²) in [5, 5.41) is 7.82. The first-order valence-electron chi connectivity index (χ1n) is 20.5. The molecule has 10 aromatic rings. The van der Waals surface area contributed by atoms with Crippen LogP contribution in [0.5, 0.6) is 0 Å². The molecule has 0 bridgehead atoms. The molecule has 2 aliphatic rings. The molecule has 0 atom stereocenters. The van der Waals surface area contributed by atoms with Crippen LogP contribution in [0.1, 0.15) is 25.0 Å². The van der Waals surface area contributed by atoms with E-state index >= 15 is 0 Å². The molecule has 0 saturated heterocycles. The van der Waals surface area contributed by atoms with Crippen LogP contribution in [-0.4, -0.2) is 22.6 Å². The Morgan fingerprint density at radius 3 is 1.85 bits per heavy atom. The molecule has 278 valence electrons. The monoisotopic (exact) mass is 769 g/mol. The Morgan fingerprint density at radius 2 is 1.08 bits per heavy atom. The van der Waals surface area contributed by atoms with Gasteiger partial charge in [-0.25, -0.2) is 9.97 Å². The maximum atomic E-state index is 5.66. The van der Waals surface area contributed by atoms with Crippen molar-refractivity contribution in [2.24, 2.45) is 0 Å². The van der Waals surface area contributed by atoms with E-state index in [0.717, 1.165) is 34.0 Å². The van der Waals surface area contributed by atoms with Crippen molar-refractivity contribution in [2.75, 3.05) is 0 Å². The van der Waals surface area contributed by atoms with Gasteiger partial charge < -0.3 is 4.57 Å². The van der Waals surface area contributed by atoms with Gasteiger partial charge in [0.1, 0.15) is 0 Å². The Kier molecular flexibility index (Phi) is 7.29. The number of benzene rings is 8. The van der Waals surface area contributed by atoms with Crippen LogP contribution in [0.3, 0.4) is 0 Å². The first-order chi connectivity index (χ1) is 29.0. The van der Waals surface area contributed by atoms with Crippen LogP contribution in [0, 0.1) is 0 Å². The molecule has 0 unspecified atom stereocenters. The molecule has 0 saturated carbocycles. The largest absolute Gasteiger partial charge is 0.309 e. The molecule has 1 aliphatic carbocycles. The van der Waals surface area contributed by atoms with Crippen molar-refractivity contribution < 1.29 is 0 Å². The molecule has 0 spiro atoms. The molecule has 3 nitrogen and oxygen atoms in total. The smallest absolute Gasteiger partial charge is 0.185 e. The summed E-state index contributed by atoms with van der Waals surface area (Å²) in [5.41, 5.74) is 14.2. The minimum atomic E-state index is -2.94. The van der Waals surface area contributed by atoms with Gasteiger partial charge in [-0.15, -0.1) is 0 Å². The van der Waals surface area contributed by atoms with Crippen LogP contribution >= 0.6 is 0 Å². The lowest BCUT2D eigenvalue weighted by molar-refractivity contribution is 0.661. The van der Waals surface area contributed by atoms with E-state index in [4.69, 9.17) is 9.97 Å². The molecule has 3 heterocycles. The number of fused-ring (bicyclic) bond motifs is 10. The minimum Gasteiger partial charge on any atom is -0.309 e. The maximum absolute atomic E-state index is 5.66. The Balaban J connectivity index is 1.17. The summed E-state index contributed by atoms with van der Waals surface area (Å²) < 4.78 is 2.47. The van der Waals surface area contributed by atoms with E-state index in [1.54, 1.807) is 0 Å². The van der Waals surface area contributed by atoms with Gasteiger partial charge >= 0.3 is 0 Å². The summed E-state index contributed by atoms with van der Waals surface area (Å²) in [5.74, 6) is 0.735. The van der Waals surface area contributed by atoms with Crippen molar-refractivity contribution in [3.8, 4) is 50.7 Å². The Bertz CT molecular complexity index is 3250. The Morgan fingerprint density at radius 1 is 0.475 bits per heavy atom. The third-order valence-electron chi connectivity index (χ3n) is 13.1. The number of hydrogen-bond donors (Lipinski definition) is 0. The van der Waals surface area contributed by atoms with Gasteiger partial charge in [0.15, 0.2) is 13.9 Å². The topological polar surface area (TPSA) is 30.7 Å². The Hall–Kier alpha value is -7.14. The SMILES string of the molecule is CC1(C)c2ccccc2-c2c1ccc1c2c2ccccc2n1-c1cccc(-c2nc(-c3ccccc3)nc3c2[Si](c2ccccc2)(c2ccccc2)c2ccccc2-3)c1. The van der Waals surface area contributed by atoms with Crippen LogP contribution in [0.15, 0.2) is 200 Å². The zero-order chi connectivity index (χ0) is 39.3. The second kappa shape index (κ2) is 12.7. The van der Waals surface area contributed by atoms with Gasteiger partial charge in [-0.3, -0.25) is 0 Å². The molecule has 2 aromatic heterocycles. The lowest BCUT2D eigenvalue weighted by atomic mass is 9.82. The fraction of sp³-hybridized carbons (Fsp3) is 0.0545. The highest BCUT2D eigenvalue weighted by Gasteiger charge is 2.51. The summed E-state index contributed by atoms with van der Waals surface area (Å²) in [6.07, 6.45) is 0. The highest BCUT2D eigenvalue weighted by molar-refractivity contribution is 7.22. The van der Waals surface area contributed by atoms with E-state index in [2.05, 4.69) is 219 Å². The van der Waals surface area contributed by atoms with Gasteiger partial charge in [0, 0.05) is 43.8 Å². The number of rotatable bonds is 5. The molecule has 1 aliphatic heterocycles. The number of nitrogens with zero attached hydrogens (tertiary/aromatic N) is 3. The minimum absolute atomic E-state index is 0.0848. The molecule has 0 radical (unpaired) electrons. The van der Waals surface area contributed by atoms with E-state index in [9.17, 15) is 0 Å². The van der Waals surface area contributed by atoms with Crippen molar-refractivity contribution in [3.05, 3.63) is 211 Å². The van der Waals surface area contributed by atoms with Gasteiger partial charge in [-0.1, -0.05) is 190 Å². The van der Waals surface area contributed by atoms with Gasteiger partial charge in [0.2, 0.25) is 0 Å². The third-order valence-corrected chi connectivity index (χ3v) is 17.9. The lowest BCUT2D eigenvalue weighted by Crippen LogP contribution is -2.73. The first kappa shape index (κ1) is 33.9. The van der Waals surface area contributed by atoms with Crippen LogP contribution in [-0.2, 0) is 5.41 Å². The summed E-state index contributed by atoms with van der Waals surface area (Å²) in [7, 11) is -2.94. The predicted octanol–water partition coefficient (Wildman–Crippen LogP) is 10.6. The molecule has 12 rings (SSSR count). The summed E-state index contributed by atoms with van der Waals surface area (Å²) in [6.45, 7) is 4.73. The number of para-hydroxylation sites is 1. The van der Waals surface area contributed by atoms with Crippen LogP contribution in [0.2, 0.25) is 0 Å². The normalized spacial score (nSPS) is 14.2. The zero-order valence-corrected chi connectivity index (χ0v) is 33.9. The molecule has 0 amide bonds. The third kappa shape index (κ3) is 4.69. The second-order valence-electron chi connectivity index (χ2n) is 16.5. The standard InChI is InChI=1S/C55H39N3Si/c1-55(2)44-30-15-12-27-41(44)49-45(55)33-34-47-50(49)42-28-13-16-31-46(42)58(47)38-22-18-21-37(35-38)51-53-52(57-54(56-51)36-19-6-3-7-20-36)43-29-14-17-32-48(43)59(53,39-23-8-4-9-24-39)40-25-10-5-11-26-40/h3-35H,1-2H3. The highest BCUT2D eigenvalue weighted by atomic mass is 28.3. The molecule has 4 heteroatoms. The van der Waals surface area contributed by atoms with Gasteiger partial charge in [-0.05, 0) is 62.1 Å². The molecule has 0 fully saturated rings. The van der Waals surface area contributed by atoms with E-state index in [1.807, 2.05) is 0 Å². The van der Waals surface area contributed by atoms with Crippen LogP contribution in [0.25, 0.3) is 72.5 Å². The molecule has 0 N–H and O–H groups in total. The highest BCUT2D eigenvalue weighted by Crippen LogP contribution is 2.53. The number of hydrogen-bond acceptors (Lipinski definition) is 2.